The van der Waals surface area contributed by atoms with Gasteiger partial charge in [-0.25, -0.2) is 0 Å². The minimum absolute atomic E-state index is 0.340. The number of rotatable bonds is 6. The minimum atomic E-state index is 0.340. The summed E-state index contributed by atoms with van der Waals surface area (Å²) in [4.78, 5) is 0. The molecule has 0 bridgehead atoms. The molecule has 0 aliphatic carbocycles. The fourth-order valence-electron chi connectivity index (χ4n) is 2.97. The Morgan fingerprint density at radius 3 is 2.52 bits per heavy atom. The highest BCUT2D eigenvalue weighted by Crippen LogP contribution is 2.16. The summed E-state index contributed by atoms with van der Waals surface area (Å²) in [5.74, 6) is 0.340. The maximum Gasteiger partial charge on any atom is 0.115 e. The molecule has 0 heterocycles. The van der Waals surface area contributed by atoms with Crippen LogP contribution < -0.4 is 5.32 Å². The summed E-state index contributed by atoms with van der Waals surface area (Å²) in [5.41, 5.74) is 2.52. The molecule has 2 nitrogen and oxygen atoms in total. The summed E-state index contributed by atoms with van der Waals surface area (Å²) in [7, 11) is 0. The first-order valence-corrected chi connectivity index (χ1v) is 8.20. The lowest BCUT2D eigenvalue weighted by Gasteiger charge is -2.14. The van der Waals surface area contributed by atoms with Gasteiger partial charge >= 0.3 is 0 Å². The second-order valence-corrected chi connectivity index (χ2v) is 6.16. The molecule has 23 heavy (non-hydrogen) atoms. The topological polar surface area (TPSA) is 32.3 Å². The maximum atomic E-state index is 9.48. The standard InChI is InChI=1S/C21H23NO/c1-16(22-12-11-17-5-4-8-21(23)15-17)13-18-9-10-19-6-2-3-7-20(19)14-18/h2-10,14-16,22-23H,11-13H2,1H3. The van der Waals surface area contributed by atoms with E-state index in [-0.39, 0.29) is 0 Å². The average Bonchev–Trinajstić information content (AvgIpc) is 2.55. The van der Waals surface area contributed by atoms with E-state index >= 15 is 0 Å². The Morgan fingerprint density at radius 2 is 1.70 bits per heavy atom. The number of aromatic hydroxyl groups is 1. The summed E-state index contributed by atoms with van der Waals surface area (Å²) in [6, 6.07) is 23.1. The van der Waals surface area contributed by atoms with Gasteiger partial charge in [0.15, 0.2) is 0 Å². The molecular weight excluding hydrogens is 282 g/mol. The van der Waals surface area contributed by atoms with Gasteiger partial charge in [-0.15, -0.1) is 0 Å². The zero-order chi connectivity index (χ0) is 16.1. The number of phenolic OH excluding ortho intramolecular Hbond substituents is 1. The van der Waals surface area contributed by atoms with Gasteiger partial charge in [-0.1, -0.05) is 54.6 Å². The number of nitrogens with one attached hydrogen (secondary N) is 1. The normalized spacial score (nSPS) is 12.4. The van der Waals surface area contributed by atoms with Crippen LogP contribution >= 0.6 is 0 Å². The van der Waals surface area contributed by atoms with Crippen LogP contribution in [-0.2, 0) is 12.8 Å². The van der Waals surface area contributed by atoms with E-state index in [2.05, 4.69) is 60.8 Å². The predicted octanol–water partition coefficient (Wildman–Crippen LogP) is 4.31. The second kappa shape index (κ2) is 7.30. The van der Waals surface area contributed by atoms with Gasteiger partial charge in [0.25, 0.3) is 0 Å². The van der Waals surface area contributed by atoms with Crippen LogP contribution in [-0.4, -0.2) is 17.7 Å². The Labute approximate surface area is 137 Å². The molecule has 2 heteroatoms. The van der Waals surface area contributed by atoms with Crippen LogP contribution in [0.3, 0.4) is 0 Å². The van der Waals surface area contributed by atoms with Gasteiger partial charge in [0.1, 0.15) is 5.75 Å². The SMILES string of the molecule is CC(Cc1ccc2ccccc2c1)NCCc1cccc(O)c1. The molecule has 0 radical (unpaired) electrons. The van der Waals surface area contributed by atoms with Crippen LogP contribution in [0.25, 0.3) is 10.8 Å². The molecule has 0 saturated carbocycles. The first kappa shape index (κ1) is 15.6. The second-order valence-electron chi connectivity index (χ2n) is 6.16. The van der Waals surface area contributed by atoms with Crippen LogP contribution in [0.4, 0.5) is 0 Å². The van der Waals surface area contributed by atoms with E-state index in [9.17, 15) is 5.11 Å². The number of benzene rings is 3. The molecule has 0 amide bonds. The van der Waals surface area contributed by atoms with E-state index in [1.54, 1.807) is 6.07 Å². The number of hydrogen-bond acceptors (Lipinski definition) is 2. The van der Waals surface area contributed by atoms with Crippen molar-refractivity contribution in [3.8, 4) is 5.75 Å². The summed E-state index contributed by atoms with van der Waals surface area (Å²) in [6.07, 6.45) is 1.95. The first-order valence-electron chi connectivity index (χ1n) is 8.20. The Hall–Kier alpha value is -2.32. The van der Waals surface area contributed by atoms with Gasteiger partial charge in [-0.2, -0.15) is 0 Å². The summed E-state index contributed by atoms with van der Waals surface area (Å²) in [5, 5.41) is 15.6. The summed E-state index contributed by atoms with van der Waals surface area (Å²) < 4.78 is 0. The average molecular weight is 305 g/mol. The zero-order valence-electron chi connectivity index (χ0n) is 13.5. The Kier molecular flexibility index (Phi) is 4.94. The first-order chi connectivity index (χ1) is 11.2. The van der Waals surface area contributed by atoms with E-state index in [0.717, 1.165) is 24.9 Å². The Bertz CT molecular complexity index is 781. The quantitative estimate of drug-likeness (QED) is 0.711. The number of fused-ring (bicyclic) bond motifs is 1. The molecule has 1 unspecified atom stereocenters. The van der Waals surface area contributed by atoms with Gasteiger partial charge in [0, 0.05) is 6.04 Å². The highest BCUT2D eigenvalue weighted by Gasteiger charge is 2.04. The van der Waals surface area contributed by atoms with Crippen molar-refractivity contribution in [1.82, 2.24) is 5.32 Å². The molecule has 3 aromatic carbocycles. The number of hydrogen-bond donors (Lipinski definition) is 2. The van der Waals surface area contributed by atoms with Crippen LogP contribution in [0.15, 0.2) is 66.7 Å². The molecule has 0 aliphatic heterocycles. The summed E-state index contributed by atoms with van der Waals surface area (Å²) in [6.45, 7) is 3.13. The fraction of sp³-hybridized carbons (Fsp3) is 0.238. The molecular formula is C21H23NO. The van der Waals surface area contributed by atoms with Gasteiger partial charge in [0.2, 0.25) is 0 Å². The highest BCUT2D eigenvalue weighted by molar-refractivity contribution is 5.82. The molecule has 0 aromatic heterocycles. The molecule has 0 saturated heterocycles. The minimum Gasteiger partial charge on any atom is -0.508 e. The van der Waals surface area contributed by atoms with Crippen LogP contribution in [0, 0.1) is 0 Å². The van der Waals surface area contributed by atoms with Crippen molar-refractivity contribution < 1.29 is 5.11 Å². The van der Waals surface area contributed by atoms with Crippen molar-refractivity contribution in [2.24, 2.45) is 0 Å². The Balaban J connectivity index is 1.53. The van der Waals surface area contributed by atoms with E-state index in [1.807, 2.05) is 12.1 Å². The van der Waals surface area contributed by atoms with E-state index in [1.165, 1.54) is 16.3 Å². The van der Waals surface area contributed by atoms with E-state index < -0.39 is 0 Å². The molecule has 3 aromatic rings. The van der Waals surface area contributed by atoms with Crippen molar-refractivity contribution in [1.29, 1.82) is 0 Å². The van der Waals surface area contributed by atoms with Crippen molar-refractivity contribution in [2.45, 2.75) is 25.8 Å². The van der Waals surface area contributed by atoms with Gasteiger partial charge < -0.3 is 10.4 Å². The van der Waals surface area contributed by atoms with Gasteiger partial charge in [0.05, 0.1) is 0 Å². The monoisotopic (exact) mass is 305 g/mol. The van der Waals surface area contributed by atoms with Crippen LogP contribution in [0.1, 0.15) is 18.1 Å². The smallest absolute Gasteiger partial charge is 0.115 e. The molecule has 1 atom stereocenters. The zero-order valence-corrected chi connectivity index (χ0v) is 13.5. The largest absolute Gasteiger partial charge is 0.508 e. The maximum absolute atomic E-state index is 9.48. The molecule has 118 valence electrons. The lowest BCUT2D eigenvalue weighted by Crippen LogP contribution is -2.29. The van der Waals surface area contributed by atoms with Crippen molar-refractivity contribution in [3.63, 3.8) is 0 Å². The van der Waals surface area contributed by atoms with Crippen molar-refractivity contribution in [2.75, 3.05) is 6.54 Å². The Morgan fingerprint density at radius 1 is 0.870 bits per heavy atom. The highest BCUT2D eigenvalue weighted by atomic mass is 16.3. The third kappa shape index (κ3) is 4.33. The lowest BCUT2D eigenvalue weighted by atomic mass is 10.0. The van der Waals surface area contributed by atoms with Gasteiger partial charge in [-0.05, 0) is 60.3 Å². The van der Waals surface area contributed by atoms with E-state index in [4.69, 9.17) is 0 Å². The molecule has 0 spiro atoms. The van der Waals surface area contributed by atoms with E-state index in [0.29, 0.717) is 11.8 Å². The number of phenols is 1. The summed E-state index contributed by atoms with van der Waals surface area (Å²) >= 11 is 0. The van der Waals surface area contributed by atoms with Crippen molar-refractivity contribution >= 4 is 10.8 Å². The lowest BCUT2D eigenvalue weighted by molar-refractivity contribution is 0.474. The molecule has 2 N–H and O–H groups in total. The van der Waals surface area contributed by atoms with Gasteiger partial charge in [-0.3, -0.25) is 0 Å². The third-order valence-electron chi connectivity index (χ3n) is 4.17. The van der Waals surface area contributed by atoms with Crippen LogP contribution in [0.5, 0.6) is 5.75 Å². The molecule has 0 aliphatic rings. The van der Waals surface area contributed by atoms with Crippen molar-refractivity contribution in [3.05, 3.63) is 77.9 Å². The molecule has 0 fully saturated rings. The third-order valence-corrected chi connectivity index (χ3v) is 4.17. The predicted molar refractivity (Wildman–Crippen MR) is 96.9 cm³/mol. The fourth-order valence-corrected chi connectivity index (χ4v) is 2.97. The molecule has 3 rings (SSSR count). The van der Waals surface area contributed by atoms with Crippen LogP contribution in [0.2, 0.25) is 0 Å².